The van der Waals surface area contributed by atoms with E-state index in [0.717, 1.165) is 29.8 Å². The SMILES string of the molecule is CCc1ccc(O)c2c1C13C(=NCC4CCC4)C1(O)CCC(O)[C@@H]3O2. The largest absolute Gasteiger partial charge is 0.504 e. The van der Waals surface area contributed by atoms with Crippen LogP contribution in [-0.4, -0.2) is 45.4 Å². The highest BCUT2D eigenvalue weighted by Gasteiger charge is 2.84. The molecule has 4 atom stereocenters. The van der Waals surface area contributed by atoms with E-state index in [1.807, 2.05) is 6.07 Å². The van der Waals surface area contributed by atoms with Gasteiger partial charge in [-0.1, -0.05) is 19.4 Å². The van der Waals surface area contributed by atoms with Crippen LogP contribution in [0.4, 0.5) is 0 Å². The van der Waals surface area contributed by atoms with Crippen molar-refractivity contribution in [1.29, 1.82) is 0 Å². The molecule has 0 amide bonds. The minimum Gasteiger partial charge on any atom is -0.504 e. The summed E-state index contributed by atoms with van der Waals surface area (Å²) in [7, 11) is 0. The van der Waals surface area contributed by atoms with Gasteiger partial charge in [-0.15, -0.1) is 0 Å². The smallest absolute Gasteiger partial charge is 0.166 e. The van der Waals surface area contributed by atoms with Gasteiger partial charge in [0.15, 0.2) is 11.5 Å². The second-order valence-corrected chi connectivity index (χ2v) is 8.10. The lowest BCUT2D eigenvalue weighted by Gasteiger charge is -2.31. The Morgan fingerprint density at radius 1 is 1.28 bits per heavy atom. The summed E-state index contributed by atoms with van der Waals surface area (Å²) >= 11 is 0. The number of nitrogens with zero attached hydrogens (tertiary/aromatic N) is 1. The third-order valence-corrected chi connectivity index (χ3v) is 6.91. The number of aromatic hydroxyl groups is 1. The van der Waals surface area contributed by atoms with Crippen LogP contribution in [0.15, 0.2) is 17.1 Å². The van der Waals surface area contributed by atoms with Crippen LogP contribution in [0.25, 0.3) is 0 Å². The van der Waals surface area contributed by atoms with Crippen molar-refractivity contribution >= 4 is 5.71 Å². The van der Waals surface area contributed by atoms with Crippen molar-refractivity contribution in [2.24, 2.45) is 10.9 Å². The van der Waals surface area contributed by atoms with Crippen LogP contribution in [0.5, 0.6) is 11.5 Å². The van der Waals surface area contributed by atoms with Crippen molar-refractivity contribution in [2.45, 2.75) is 68.7 Å². The average Bonchev–Trinajstić information content (AvgIpc) is 2.90. The zero-order valence-electron chi connectivity index (χ0n) is 14.5. The molecule has 1 aromatic carbocycles. The minimum atomic E-state index is -1.04. The topological polar surface area (TPSA) is 82.3 Å². The molecule has 3 fully saturated rings. The summed E-state index contributed by atoms with van der Waals surface area (Å²) in [5, 5.41) is 32.4. The van der Waals surface area contributed by atoms with Gasteiger partial charge in [-0.3, -0.25) is 4.99 Å². The molecule has 4 aliphatic rings. The number of aliphatic imine (C=N–C) groups is 1. The van der Waals surface area contributed by atoms with Gasteiger partial charge in [-0.2, -0.15) is 0 Å². The first-order valence-corrected chi connectivity index (χ1v) is 9.51. The molecule has 5 heteroatoms. The molecular formula is C20H25NO4. The molecule has 25 heavy (non-hydrogen) atoms. The molecule has 3 saturated carbocycles. The van der Waals surface area contributed by atoms with Gasteiger partial charge < -0.3 is 20.1 Å². The molecule has 3 unspecified atom stereocenters. The van der Waals surface area contributed by atoms with E-state index >= 15 is 0 Å². The summed E-state index contributed by atoms with van der Waals surface area (Å²) in [4.78, 5) is 4.84. The Balaban J connectivity index is 1.67. The summed E-state index contributed by atoms with van der Waals surface area (Å²) in [6.07, 6.45) is 4.24. The molecule has 0 bridgehead atoms. The highest BCUT2D eigenvalue weighted by atomic mass is 16.5. The van der Waals surface area contributed by atoms with Crippen molar-refractivity contribution in [2.75, 3.05) is 6.54 Å². The number of phenols is 1. The summed E-state index contributed by atoms with van der Waals surface area (Å²) in [6, 6.07) is 3.54. The summed E-state index contributed by atoms with van der Waals surface area (Å²) in [5.74, 6) is 1.13. The Morgan fingerprint density at radius 2 is 2.08 bits per heavy atom. The molecule has 1 spiro atoms. The molecule has 3 N–H and O–H groups in total. The number of aryl methyl sites for hydroxylation is 1. The van der Waals surface area contributed by atoms with E-state index in [0.29, 0.717) is 24.5 Å². The number of ether oxygens (including phenoxy) is 1. The maximum atomic E-state index is 11.4. The Kier molecular flexibility index (Phi) is 3.12. The molecule has 1 heterocycles. The fourth-order valence-corrected chi connectivity index (χ4v) is 5.30. The lowest BCUT2D eigenvalue weighted by molar-refractivity contribution is -0.0404. The fraction of sp³-hybridized carbons (Fsp3) is 0.650. The zero-order chi connectivity index (χ0) is 17.4. The van der Waals surface area contributed by atoms with E-state index in [-0.39, 0.29) is 5.75 Å². The third-order valence-electron chi connectivity index (χ3n) is 6.91. The van der Waals surface area contributed by atoms with E-state index in [9.17, 15) is 15.3 Å². The van der Waals surface area contributed by atoms with Crippen LogP contribution in [0.3, 0.4) is 0 Å². The standard InChI is InChI=1S/C20H25NO4/c1-2-12-6-7-13(22)16-15(12)20-17(25-16)14(23)8-9-19(20,24)18(20)21-10-11-4-3-5-11/h6-7,11,14,17,22-24H,2-5,8-10H2,1H3/t14?,17-,19?,20?/m0/s1. The first kappa shape index (κ1) is 15.6. The quantitative estimate of drug-likeness (QED) is 0.785. The first-order valence-electron chi connectivity index (χ1n) is 9.51. The number of hydrogen-bond donors (Lipinski definition) is 3. The van der Waals surface area contributed by atoms with Crippen molar-refractivity contribution < 1.29 is 20.1 Å². The maximum absolute atomic E-state index is 11.4. The molecule has 5 nitrogen and oxygen atoms in total. The molecule has 134 valence electrons. The Labute approximate surface area is 147 Å². The van der Waals surface area contributed by atoms with E-state index in [1.54, 1.807) is 6.07 Å². The number of benzene rings is 1. The molecule has 0 aromatic heterocycles. The van der Waals surface area contributed by atoms with E-state index in [2.05, 4.69) is 6.92 Å². The third kappa shape index (κ3) is 1.73. The van der Waals surface area contributed by atoms with Crippen molar-refractivity contribution in [1.82, 2.24) is 0 Å². The lowest BCUT2D eigenvalue weighted by atomic mass is 9.76. The average molecular weight is 343 g/mol. The number of fused-ring (bicyclic) bond motifs is 1. The molecule has 3 aliphatic carbocycles. The number of aliphatic hydroxyl groups is 2. The molecule has 0 radical (unpaired) electrons. The molecule has 5 rings (SSSR count). The monoisotopic (exact) mass is 343 g/mol. The number of rotatable bonds is 3. The highest BCUT2D eigenvalue weighted by Crippen LogP contribution is 2.69. The highest BCUT2D eigenvalue weighted by molar-refractivity contribution is 6.22. The van der Waals surface area contributed by atoms with Gasteiger partial charge in [0.05, 0.1) is 11.8 Å². The van der Waals surface area contributed by atoms with E-state index in [1.165, 1.54) is 19.3 Å². The van der Waals surface area contributed by atoms with Crippen molar-refractivity contribution in [3.8, 4) is 11.5 Å². The van der Waals surface area contributed by atoms with Gasteiger partial charge in [0.2, 0.25) is 0 Å². The molecular weight excluding hydrogens is 318 g/mol. The van der Waals surface area contributed by atoms with Gasteiger partial charge in [0.25, 0.3) is 0 Å². The summed E-state index contributed by atoms with van der Waals surface area (Å²) < 4.78 is 6.04. The normalized spacial score (nSPS) is 40.0. The fourth-order valence-electron chi connectivity index (χ4n) is 5.30. The van der Waals surface area contributed by atoms with Gasteiger partial charge in [0, 0.05) is 12.1 Å². The predicted octanol–water partition coefficient (Wildman–Crippen LogP) is 2.09. The second-order valence-electron chi connectivity index (χ2n) is 8.10. The summed E-state index contributed by atoms with van der Waals surface area (Å²) in [6.45, 7) is 2.81. The number of hydrogen-bond acceptors (Lipinski definition) is 5. The Bertz CT molecular complexity index is 771. The Morgan fingerprint density at radius 3 is 2.76 bits per heavy atom. The maximum Gasteiger partial charge on any atom is 0.166 e. The van der Waals surface area contributed by atoms with E-state index in [4.69, 9.17) is 9.73 Å². The second kappa shape index (κ2) is 4.98. The number of aliphatic hydroxyl groups excluding tert-OH is 1. The predicted molar refractivity (Wildman–Crippen MR) is 93.4 cm³/mol. The van der Waals surface area contributed by atoms with Crippen LogP contribution in [0.1, 0.15) is 50.2 Å². The first-order chi connectivity index (χ1) is 12.0. The van der Waals surface area contributed by atoms with Crippen LogP contribution in [0.2, 0.25) is 0 Å². The van der Waals surface area contributed by atoms with Crippen molar-refractivity contribution in [3.63, 3.8) is 0 Å². The van der Waals surface area contributed by atoms with Gasteiger partial charge in [0.1, 0.15) is 17.1 Å². The van der Waals surface area contributed by atoms with Crippen LogP contribution < -0.4 is 4.74 Å². The van der Waals surface area contributed by atoms with Crippen LogP contribution >= 0.6 is 0 Å². The van der Waals surface area contributed by atoms with Crippen LogP contribution in [0, 0.1) is 5.92 Å². The van der Waals surface area contributed by atoms with Crippen molar-refractivity contribution in [3.05, 3.63) is 23.3 Å². The minimum absolute atomic E-state index is 0.0794. The Hall–Kier alpha value is -1.59. The van der Waals surface area contributed by atoms with Gasteiger partial charge in [-0.05, 0) is 49.7 Å². The van der Waals surface area contributed by atoms with Crippen LogP contribution in [-0.2, 0) is 11.8 Å². The number of phenolic OH excluding ortho intramolecular Hbond substituents is 1. The molecule has 1 aliphatic heterocycles. The molecule has 0 saturated heterocycles. The van der Waals surface area contributed by atoms with E-state index < -0.39 is 23.2 Å². The zero-order valence-corrected chi connectivity index (χ0v) is 14.5. The molecule has 1 aromatic rings. The van der Waals surface area contributed by atoms with Gasteiger partial charge in [-0.25, -0.2) is 0 Å². The summed E-state index contributed by atoms with van der Waals surface area (Å²) in [5.41, 5.74) is 0.870. The lowest BCUT2D eigenvalue weighted by Crippen LogP contribution is -2.47. The van der Waals surface area contributed by atoms with Gasteiger partial charge >= 0.3 is 0 Å².